The average Bonchev–Trinajstić information content (AvgIpc) is 3.41. The molecule has 0 saturated carbocycles. The number of nitrogens with zero attached hydrogens (tertiary/aromatic N) is 4. The fourth-order valence-electron chi connectivity index (χ4n) is 4.77. The Morgan fingerprint density at radius 2 is 2.10 bits per heavy atom. The summed E-state index contributed by atoms with van der Waals surface area (Å²) in [6, 6.07) is 10.1. The number of primary amides is 1. The Morgan fingerprint density at radius 3 is 2.87 bits per heavy atom. The minimum atomic E-state index is -0.318. The number of hydrogen-bond acceptors (Lipinski definition) is 7. The van der Waals surface area contributed by atoms with Crippen LogP contribution in [0.15, 0.2) is 47.2 Å². The van der Waals surface area contributed by atoms with E-state index in [4.69, 9.17) is 14.9 Å². The van der Waals surface area contributed by atoms with Crippen molar-refractivity contribution in [1.82, 2.24) is 19.8 Å². The summed E-state index contributed by atoms with van der Waals surface area (Å²) in [7, 11) is 0. The summed E-state index contributed by atoms with van der Waals surface area (Å²) in [6.45, 7) is 2.21. The summed E-state index contributed by atoms with van der Waals surface area (Å²) < 4.78 is 12.8. The largest absolute Gasteiger partial charge is 0.464 e. The molecule has 0 radical (unpaired) electrons. The second-order valence-corrected chi connectivity index (χ2v) is 9.12. The zero-order valence-electron chi connectivity index (χ0n) is 16.7. The van der Waals surface area contributed by atoms with Gasteiger partial charge in [-0.25, -0.2) is 9.78 Å². The van der Waals surface area contributed by atoms with Gasteiger partial charge in [-0.1, -0.05) is 11.3 Å². The van der Waals surface area contributed by atoms with Crippen LogP contribution in [-0.4, -0.2) is 51.0 Å². The molecule has 2 aliphatic rings. The number of ether oxygens (including phenoxy) is 1. The number of urea groups is 1. The van der Waals surface area contributed by atoms with Gasteiger partial charge in [0.05, 0.1) is 11.0 Å². The van der Waals surface area contributed by atoms with Gasteiger partial charge in [-0.05, 0) is 37.1 Å². The van der Waals surface area contributed by atoms with Crippen LogP contribution in [-0.2, 0) is 6.54 Å². The van der Waals surface area contributed by atoms with Gasteiger partial charge in [0.1, 0.15) is 11.3 Å². The fourth-order valence-corrected chi connectivity index (χ4v) is 5.56. The number of carbonyl (C=O) groups is 1. The molecule has 2 saturated heterocycles. The molecule has 2 fully saturated rings. The van der Waals surface area contributed by atoms with Gasteiger partial charge in [-0.15, -0.1) is 0 Å². The molecule has 2 aliphatic heterocycles. The van der Waals surface area contributed by atoms with Crippen LogP contribution in [0, 0.1) is 0 Å². The first-order chi connectivity index (χ1) is 15.1. The topological polar surface area (TPSA) is 97.7 Å². The maximum Gasteiger partial charge on any atom is 0.314 e. The smallest absolute Gasteiger partial charge is 0.314 e. The standard InChI is InChI=1S/C22H21N5O3S/c23-21(28)26-10-14-3-4-15(11-26)27(14)9-13-12-29-18-8-16(5-6-17(13)18)30-22-25-20-19(31-22)2-1-7-24-20/h1-2,5-8,12,14-15H,3-4,9-11H2,(H2,23,28). The Labute approximate surface area is 182 Å². The van der Waals surface area contributed by atoms with E-state index in [0.717, 1.165) is 40.6 Å². The van der Waals surface area contributed by atoms with E-state index in [9.17, 15) is 4.79 Å². The second-order valence-electron chi connectivity index (χ2n) is 8.13. The highest BCUT2D eigenvalue weighted by molar-refractivity contribution is 7.20. The highest BCUT2D eigenvalue weighted by atomic mass is 32.1. The predicted octanol–water partition coefficient (Wildman–Crippen LogP) is 3.96. The summed E-state index contributed by atoms with van der Waals surface area (Å²) in [5.41, 5.74) is 8.13. The molecule has 5 heterocycles. The van der Waals surface area contributed by atoms with Crippen molar-refractivity contribution in [3.05, 3.63) is 48.4 Å². The van der Waals surface area contributed by atoms with Crippen LogP contribution in [0.1, 0.15) is 18.4 Å². The van der Waals surface area contributed by atoms with Crippen LogP contribution in [0.2, 0.25) is 0 Å². The molecule has 2 unspecified atom stereocenters. The lowest BCUT2D eigenvalue weighted by Gasteiger charge is -2.40. The number of pyridine rings is 1. The average molecular weight is 436 g/mol. The van der Waals surface area contributed by atoms with Crippen molar-refractivity contribution in [1.29, 1.82) is 0 Å². The van der Waals surface area contributed by atoms with Crippen LogP contribution in [0.25, 0.3) is 21.3 Å². The number of furan rings is 1. The molecular weight excluding hydrogens is 414 g/mol. The lowest BCUT2D eigenvalue weighted by Crippen LogP contribution is -2.56. The van der Waals surface area contributed by atoms with Gasteiger partial charge in [-0.3, -0.25) is 4.90 Å². The molecule has 4 aromatic rings. The molecule has 3 aromatic heterocycles. The van der Waals surface area contributed by atoms with E-state index in [1.165, 1.54) is 11.3 Å². The number of aromatic nitrogens is 2. The SMILES string of the molecule is NC(=O)N1CC2CCC(C1)N2Cc1coc2cc(Oc3nc4ncccc4s3)ccc12. The third-order valence-electron chi connectivity index (χ3n) is 6.28. The van der Waals surface area contributed by atoms with Crippen molar-refractivity contribution in [3.63, 3.8) is 0 Å². The number of fused-ring (bicyclic) bond motifs is 4. The van der Waals surface area contributed by atoms with Crippen molar-refractivity contribution in [2.45, 2.75) is 31.5 Å². The van der Waals surface area contributed by atoms with Crippen molar-refractivity contribution in [2.75, 3.05) is 13.1 Å². The molecular formula is C22H21N5O3S. The van der Waals surface area contributed by atoms with Crippen LogP contribution in [0.3, 0.4) is 0 Å². The molecule has 0 spiro atoms. The van der Waals surface area contributed by atoms with Gasteiger partial charge >= 0.3 is 6.03 Å². The van der Waals surface area contributed by atoms with E-state index in [1.54, 1.807) is 11.1 Å². The number of likely N-dealkylation sites (tertiary alicyclic amines) is 1. The minimum Gasteiger partial charge on any atom is -0.464 e. The van der Waals surface area contributed by atoms with Crippen molar-refractivity contribution in [2.24, 2.45) is 5.73 Å². The number of carbonyl (C=O) groups excluding carboxylic acids is 1. The first-order valence-corrected chi connectivity index (χ1v) is 11.2. The lowest BCUT2D eigenvalue weighted by molar-refractivity contribution is 0.0799. The zero-order valence-corrected chi connectivity index (χ0v) is 17.5. The van der Waals surface area contributed by atoms with E-state index in [2.05, 4.69) is 14.9 Å². The van der Waals surface area contributed by atoms with Gasteiger partial charge in [0.15, 0.2) is 5.65 Å². The Morgan fingerprint density at radius 1 is 1.26 bits per heavy atom. The summed E-state index contributed by atoms with van der Waals surface area (Å²) in [4.78, 5) is 24.5. The normalized spacial score (nSPS) is 21.2. The van der Waals surface area contributed by atoms with Gasteiger partial charge in [-0.2, -0.15) is 4.98 Å². The van der Waals surface area contributed by atoms with Crippen LogP contribution < -0.4 is 10.5 Å². The van der Waals surface area contributed by atoms with Crippen molar-refractivity contribution in [3.8, 4) is 10.9 Å². The van der Waals surface area contributed by atoms with E-state index >= 15 is 0 Å². The number of benzene rings is 1. The van der Waals surface area contributed by atoms with Gasteiger partial charge in [0.25, 0.3) is 5.19 Å². The molecule has 8 nitrogen and oxygen atoms in total. The number of piperazine rings is 1. The first-order valence-electron chi connectivity index (χ1n) is 10.3. The number of thiazole rings is 1. The molecule has 6 rings (SSSR count). The second kappa shape index (κ2) is 7.21. The molecule has 1 aromatic carbocycles. The van der Waals surface area contributed by atoms with E-state index < -0.39 is 0 Å². The zero-order chi connectivity index (χ0) is 20.9. The quantitative estimate of drug-likeness (QED) is 0.521. The molecule has 0 aliphatic carbocycles. The van der Waals surface area contributed by atoms with Gasteiger partial charge in [0.2, 0.25) is 0 Å². The summed E-state index contributed by atoms with van der Waals surface area (Å²) in [5.74, 6) is 0.683. The lowest BCUT2D eigenvalue weighted by atomic mass is 10.1. The number of rotatable bonds is 4. The monoisotopic (exact) mass is 435 g/mol. The molecule has 2 atom stereocenters. The van der Waals surface area contributed by atoms with Crippen LogP contribution in [0.4, 0.5) is 4.79 Å². The Kier molecular flexibility index (Phi) is 4.32. The first kappa shape index (κ1) is 18.6. The molecule has 158 valence electrons. The van der Waals surface area contributed by atoms with Crippen LogP contribution >= 0.6 is 11.3 Å². The Balaban J connectivity index is 1.21. The minimum absolute atomic E-state index is 0.318. The molecule has 9 heteroatoms. The highest BCUT2D eigenvalue weighted by Gasteiger charge is 2.41. The third kappa shape index (κ3) is 3.30. The number of amides is 2. The number of hydrogen-bond donors (Lipinski definition) is 1. The van der Waals surface area contributed by atoms with Gasteiger partial charge < -0.3 is 19.8 Å². The Hall–Kier alpha value is -3.17. The van der Waals surface area contributed by atoms with Gasteiger partial charge in [0, 0.05) is 54.9 Å². The number of nitrogens with two attached hydrogens (primary N) is 1. The van der Waals surface area contributed by atoms with E-state index in [-0.39, 0.29) is 6.03 Å². The van der Waals surface area contributed by atoms with Crippen LogP contribution in [0.5, 0.6) is 10.9 Å². The maximum atomic E-state index is 11.6. The summed E-state index contributed by atoms with van der Waals surface area (Å²) >= 11 is 1.47. The van der Waals surface area contributed by atoms with Crippen molar-refractivity contribution < 1.29 is 13.9 Å². The maximum absolute atomic E-state index is 11.6. The van der Waals surface area contributed by atoms with E-state index in [1.807, 2.05) is 36.6 Å². The van der Waals surface area contributed by atoms with E-state index in [0.29, 0.717) is 41.8 Å². The summed E-state index contributed by atoms with van der Waals surface area (Å²) in [6.07, 6.45) is 5.75. The fraction of sp³-hybridized carbons (Fsp3) is 0.318. The molecule has 2 amide bonds. The summed E-state index contributed by atoms with van der Waals surface area (Å²) in [5, 5.41) is 1.64. The molecule has 31 heavy (non-hydrogen) atoms. The molecule has 2 bridgehead atoms. The molecule has 2 N–H and O–H groups in total. The van der Waals surface area contributed by atoms with Crippen molar-refractivity contribution >= 4 is 38.7 Å². The highest BCUT2D eigenvalue weighted by Crippen LogP contribution is 2.35. The Bertz CT molecular complexity index is 1240. The predicted molar refractivity (Wildman–Crippen MR) is 117 cm³/mol. The third-order valence-corrected chi connectivity index (χ3v) is 7.16.